The van der Waals surface area contributed by atoms with Crippen molar-refractivity contribution in [2.24, 2.45) is 0 Å². The van der Waals surface area contributed by atoms with Gasteiger partial charge in [0, 0.05) is 37.2 Å². The summed E-state index contributed by atoms with van der Waals surface area (Å²) in [7, 11) is 1.88. The van der Waals surface area contributed by atoms with E-state index in [1.54, 1.807) is 25.4 Å². The van der Waals surface area contributed by atoms with Gasteiger partial charge in [-0.15, -0.1) is 0 Å². The minimum Gasteiger partial charge on any atom is -0.370 e. The molecule has 0 fully saturated rings. The van der Waals surface area contributed by atoms with Crippen LogP contribution in [0, 0.1) is 12.7 Å². The number of hydrogen-bond donors (Lipinski definition) is 0. The van der Waals surface area contributed by atoms with Crippen molar-refractivity contribution >= 4 is 11.5 Å². The molecule has 3 nitrogen and oxygen atoms in total. The van der Waals surface area contributed by atoms with Crippen LogP contribution >= 0.6 is 0 Å². The summed E-state index contributed by atoms with van der Waals surface area (Å²) < 4.78 is 13.6. The monoisotopic (exact) mass is 272 g/mol. The zero-order valence-corrected chi connectivity index (χ0v) is 11.9. The van der Waals surface area contributed by atoms with Gasteiger partial charge in [0.2, 0.25) is 0 Å². The second-order valence-electron chi connectivity index (χ2n) is 4.89. The van der Waals surface area contributed by atoms with Crippen LogP contribution in [0.25, 0.3) is 0 Å². The zero-order chi connectivity index (χ0) is 14.7. The number of halogens is 1. The highest BCUT2D eigenvalue weighted by Crippen LogP contribution is 2.25. The summed E-state index contributed by atoms with van der Waals surface area (Å²) in [6.07, 6.45) is 3.49. The fraction of sp³-hybridized carbons (Fsp3) is 0.250. The van der Waals surface area contributed by atoms with E-state index in [1.165, 1.54) is 13.0 Å². The maximum absolute atomic E-state index is 13.6. The number of rotatable bonds is 4. The van der Waals surface area contributed by atoms with Gasteiger partial charge in [0.15, 0.2) is 5.78 Å². The van der Waals surface area contributed by atoms with Crippen LogP contribution in [0.2, 0.25) is 0 Å². The van der Waals surface area contributed by atoms with Gasteiger partial charge in [-0.2, -0.15) is 0 Å². The zero-order valence-electron chi connectivity index (χ0n) is 11.9. The minimum absolute atomic E-state index is 0.142. The Balaban J connectivity index is 2.36. The summed E-state index contributed by atoms with van der Waals surface area (Å²) in [5, 5.41) is 0. The van der Waals surface area contributed by atoms with E-state index in [2.05, 4.69) is 4.98 Å². The molecule has 0 unspecified atom stereocenters. The van der Waals surface area contributed by atoms with Gasteiger partial charge in [-0.1, -0.05) is 6.07 Å². The van der Waals surface area contributed by atoms with Crippen molar-refractivity contribution in [3.63, 3.8) is 0 Å². The molecule has 2 rings (SSSR count). The normalized spacial score (nSPS) is 10.4. The number of pyridine rings is 1. The molecule has 2 aromatic rings. The summed E-state index contributed by atoms with van der Waals surface area (Å²) in [5.74, 6) is -0.495. The van der Waals surface area contributed by atoms with Crippen molar-refractivity contribution < 1.29 is 9.18 Å². The Morgan fingerprint density at radius 1 is 1.40 bits per heavy atom. The second kappa shape index (κ2) is 5.82. The molecule has 0 bridgehead atoms. The largest absolute Gasteiger partial charge is 0.370 e. The Kier molecular flexibility index (Phi) is 4.13. The number of hydrogen-bond acceptors (Lipinski definition) is 3. The number of nitrogens with zero attached hydrogens (tertiary/aromatic N) is 2. The van der Waals surface area contributed by atoms with E-state index in [-0.39, 0.29) is 11.6 Å². The molecule has 1 aromatic carbocycles. The van der Waals surface area contributed by atoms with Gasteiger partial charge in [-0.05, 0) is 43.2 Å². The first-order chi connectivity index (χ1) is 9.49. The highest BCUT2D eigenvalue weighted by molar-refractivity contribution is 5.99. The Bertz CT molecular complexity index is 626. The predicted octanol–water partition coefficient (Wildman–Crippen LogP) is 3.37. The maximum atomic E-state index is 13.6. The molecule has 0 spiro atoms. The maximum Gasteiger partial charge on any atom is 0.161 e. The van der Waals surface area contributed by atoms with E-state index in [4.69, 9.17) is 0 Å². The summed E-state index contributed by atoms with van der Waals surface area (Å²) >= 11 is 0. The molecule has 1 heterocycles. The lowest BCUT2D eigenvalue weighted by molar-refractivity contribution is 0.101. The topological polar surface area (TPSA) is 33.2 Å². The third kappa shape index (κ3) is 3.02. The number of carbonyl (C=O) groups is 1. The van der Waals surface area contributed by atoms with Crippen LogP contribution in [0.3, 0.4) is 0 Å². The molecule has 4 heteroatoms. The molecule has 0 radical (unpaired) electrons. The van der Waals surface area contributed by atoms with Gasteiger partial charge < -0.3 is 4.90 Å². The standard InChI is InChI=1S/C16H17FN2O/c1-11-7-16(14(12(2)20)8-15(11)17)19(3)10-13-5-4-6-18-9-13/h4-9H,10H2,1-3H3. The fourth-order valence-corrected chi connectivity index (χ4v) is 2.11. The third-order valence-electron chi connectivity index (χ3n) is 3.21. The molecular weight excluding hydrogens is 255 g/mol. The van der Waals surface area contributed by atoms with E-state index in [9.17, 15) is 9.18 Å². The smallest absolute Gasteiger partial charge is 0.161 e. The van der Waals surface area contributed by atoms with Crippen LogP contribution in [-0.2, 0) is 6.54 Å². The van der Waals surface area contributed by atoms with Crippen molar-refractivity contribution in [2.75, 3.05) is 11.9 Å². The van der Waals surface area contributed by atoms with E-state index in [0.717, 1.165) is 11.3 Å². The lowest BCUT2D eigenvalue weighted by Crippen LogP contribution is -2.19. The molecule has 0 amide bonds. The van der Waals surface area contributed by atoms with Crippen molar-refractivity contribution in [3.8, 4) is 0 Å². The van der Waals surface area contributed by atoms with Crippen LogP contribution in [0.1, 0.15) is 28.4 Å². The van der Waals surface area contributed by atoms with E-state index < -0.39 is 0 Å². The molecule has 0 aliphatic heterocycles. The van der Waals surface area contributed by atoms with Crippen molar-refractivity contribution in [3.05, 3.63) is 59.2 Å². The second-order valence-corrected chi connectivity index (χ2v) is 4.89. The van der Waals surface area contributed by atoms with Crippen LogP contribution < -0.4 is 4.90 Å². The number of aromatic nitrogens is 1. The first-order valence-corrected chi connectivity index (χ1v) is 6.40. The van der Waals surface area contributed by atoms with Gasteiger partial charge in [-0.3, -0.25) is 9.78 Å². The molecule has 1 aromatic heterocycles. The average Bonchev–Trinajstić information content (AvgIpc) is 2.42. The molecule has 0 atom stereocenters. The molecule has 20 heavy (non-hydrogen) atoms. The minimum atomic E-state index is -0.353. The molecule has 0 saturated heterocycles. The van der Waals surface area contributed by atoms with Crippen LogP contribution in [0.15, 0.2) is 36.7 Å². The van der Waals surface area contributed by atoms with Crippen molar-refractivity contribution in [1.82, 2.24) is 4.98 Å². The summed E-state index contributed by atoms with van der Waals surface area (Å²) in [6, 6.07) is 6.85. The third-order valence-corrected chi connectivity index (χ3v) is 3.21. The molecule has 0 aliphatic carbocycles. The number of carbonyl (C=O) groups excluding carboxylic acids is 1. The van der Waals surface area contributed by atoms with Gasteiger partial charge in [-0.25, -0.2) is 4.39 Å². The molecule has 0 aliphatic rings. The Labute approximate surface area is 118 Å². The summed E-state index contributed by atoms with van der Waals surface area (Å²) in [5.41, 5.74) is 2.70. The molecule has 0 saturated carbocycles. The van der Waals surface area contributed by atoms with Crippen molar-refractivity contribution in [1.29, 1.82) is 0 Å². The lowest BCUT2D eigenvalue weighted by Gasteiger charge is -2.22. The van der Waals surface area contributed by atoms with Crippen LogP contribution in [-0.4, -0.2) is 17.8 Å². The van der Waals surface area contributed by atoms with E-state index in [0.29, 0.717) is 17.7 Å². The number of benzene rings is 1. The van der Waals surface area contributed by atoms with Crippen LogP contribution in [0.4, 0.5) is 10.1 Å². The first-order valence-electron chi connectivity index (χ1n) is 6.40. The Morgan fingerprint density at radius 2 is 2.15 bits per heavy atom. The van der Waals surface area contributed by atoms with Gasteiger partial charge in [0.25, 0.3) is 0 Å². The molecule has 104 valence electrons. The highest BCUT2D eigenvalue weighted by Gasteiger charge is 2.14. The van der Waals surface area contributed by atoms with Crippen molar-refractivity contribution in [2.45, 2.75) is 20.4 Å². The van der Waals surface area contributed by atoms with Gasteiger partial charge in [0.05, 0.1) is 0 Å². The lowest BCUT2D eigenvalue weighted by atomic mass is 10.0. The fourth-order valence-electron chi connectivity index (χ4n) is 2.11. The first kappa shape index (κ1) is 14.2. The Morgan fingerprint density at radius 3 is 2.75 bits per heavy atom. The van der Waals surface area contributed by atoms with Crippen LogP contribution in [0.5, 0.6) is 0 Å². The number of Topliss-reactive ketones (excluding diaryl/α,β-unsaturated/α-hetero) is 1. The quantitative estimate of drug-likeness (QED) is 0.800. The summed E-state index contributed by atoms with van der Waals surface area (Å²) in [4.78, 5) is 17.7. The average molecular weight is 272 g/mol. The van der Waals surface area contributed by atoms with E-state index >= 15 is 0 Å². The molecular formula is C16H17FN2O. The van der Waals surface area contributed by atoms with E-state index in [1.807, 2.05) is 24.1 Å². The number of ketones is 1. The Hall–Kier alpha value is -2.23. The highest BCUT2D eigenvalue weighted by atomic mass is 19.1. The van der Waals surface area contributed by atoms with Gasteiger partial charge in [0.1, 0.15) is 5.82 Å². The number of aryl methyl sites for hydroxylation is 1. The van der Waals surface area contributed by atoms with Gasteiger partial charge >= 0.3 is 0 Å². The number of anilines is 1. The molecule has 0 N–H and O–H groups in total. The SMILES string of the molecule is CC(=O)c1cc(F)c(C)cc1N(C)Cc1cccnc1. The summed E-state index contributed by atoms with van der Waals surface area (Å²) in [6.45, 7) is 3.76. The predicted molar refractivity (Wildman–Crippen MR) is 77.5 cm³/mol.